The fraction of sp³-hybridized carbons (Fsp3) is 0.200. The Morgan fingerprint density at radius 3 is 2.39 bits per heavy atom. The van der Waals surface area contributed by atoms with E-state index in [1.165, 1.54) is 11.6 Å². The lowest BCUT2D eigenvalue weighted by molar-refractivity contribution is 0.478. The van der Waals surface area contributed by atoms with Crippen LogP contribution in [-0.4, -0.2) is 6.21 Å². The highest BCUT2D eigenvalue weighted by molar-refractivity contribution is 5.84. The van der Waals surface area contributed by atoms with Crippen molar-refractivity contribution in [3.63, 3.8) is 0 Å². The van der Waals surface area contributed by atoms with E-state index in [-0.39, 0.29) is 5.63 Å². The molecule has 92 valence electrons. The Labute approximate surface area is 106 Å². The molecule has 0 aliphatic rings. The minimum absolute atomic E-state index is 0.322. The first-order valence-corrected chi connectivity index (χ1v) is 5.78. The first-order valence-electron chi connectivity index (χ1n) is 5.78. The maximum Gasteiger partial charge on any atom is 0.336 e. The lowest BCUT2D eigenvalue weighted by atomic mass is 10.1. The first kappa shape index (κ1) is 12.3. The average Bonchev–Trinajstić information content (AvgIpc) is 2.30. The zero-order valence-corrected chi connectivity index (χ0v) is 10.7. The van der Waals surface area contributed by atoms with Crippen LogP contribution in [0, 0.1) is 20.8 Å². The Hall–Kier alpha value is -2.16. The Bertz CT molecular complexity index is 610. The van der Waals surface area contributed by atoms with Gasteiger partial charge in [0.05, 0.1) is 5.69 Å². The number of aryl methyl sites for hydroxylation is 3. The van der Waals surface area contributed by atoms with E-state index in [1.54, 1.807) is 13.1 Å². The second-order valence-electron chi connectivity index (χ2n) is 4.31. The quantitative estimate of drug-likeness (QED) is 0.757. The van der Waals surface area contributed by atoms with Gasteiger partial charge in [0.2, 0.25) is 0 Å². The van der Waals surface area contributed by atoms with Gasteiger partial charge in [-0.1, -0.05) is 17.7 Å². The molecule has 0 saturated heterocycles. The molecule has 0 atom stereocenters. The number of rotatable bonds is 2. The largest absolute Gasteiger partial charge is 0.427 e. The van der Waals surface area contributed by atoms with Crippen molar-refractivity contribution >= 4 is 11.9 Å². The maximum absolute atomic E-state index is 11.2. The minimum atomic E-state index is -0.322. The van der Waals surface area contributed by atoms with E-state index in [0.29, 0.717) is 5.76 Å². The number of benzene rings is 1. The fourth-order valence-corrected chi connectivity index (χ4v) is 1.73. The lowest BCUT2D eigenvalue weighted by Gasteiger charge is -2.02. The molecule has 1 aromatic carbocycles. The van der Waals surface area contributed by atoms with Gasteiger partial charge in [0.1, 0.15) is 5.76 Å². The standard InChI is InChI=1S/C15H15NO2/c1-10-4-6-13(7-5-10)16-9-14-11(2)8-15(17)18-12(14)3/h4-9H,1-3H3. The van der Waals surface area contributed by atoms with Gasteiger partial charge in [-0.05, 0) is 38.5 Å². The summed E-state index contributed by atoms with van der Waals surface area (Å²) in [5.74, 6) is 0.593. The van der Waals surface area contributed by atoms with Crippen LogP contribution >= 0.6 is 0 Å². The van der Waals surface area contributed by atoms with Crippen LogP contribution < -0.4 is 5.63 Å². The molecular weight excluding hydrogens is 226 g/mol. The molecule has 1 aromatic heterocycles. The van der Waals surface area contributed by atoms with E-state index in [2.05, 4.69) is 4.99 Å². The summed E-state index contributed by atoms with van der Waals surface area (Å²) < 4.78 is 5.05. The van der Waals surface area contributed by atoms with Crippen molar-refractivity contribution in [2.75, 3.05) is 0 Å². The fourth-order valence-electron chi connectivity index (χ4n) is 1.73. The molecule has 2 aromatic rings. The summed E-state index contributed by atoms with van der Waals surface area (Å²) in [5.41, 5.74) is 3.49. The van der Waals surface area contributed by atoms with Crippen molar-refractivity contribution in [2.45, 2.75) is 20.8 Å². The minimum Gasteiger partial charge on any atom is -0.427 e. The highest BCUT2D eigenvalue weighted by atomic mass is 16.4. The van der Waals surface area contributed by atoms with Crippen LogP contribution in [0.1, 0.15) is 22.5 Å². The molecular formula is C15H15NO2. The summed E-state index contributed by atoms with van der Waals surface area (Å²) in [4.78, 5) is 15.5. The van der Waals surface area contributed by atoms with Gasteiger partial charge in [-0.15, -0.1) is 0 Å². The Kier molecular flexibility index (Phi) is 3.42. The zero-order chi connectivity index (χ0) is 13.1. The molecule has 2 rings (SSSR count). The van der Waals surface area contributed by atoms with Crippen LogP contribution in [0.25, 0.3) is 0 Å². The second-order valence-corrected chi connectivity index (χ2v) is 4.31. The van der Waals surface area contributed by atoms with E-state index < -0.39 is 0 Å². The van der Waals surface area contributed by atoms with Crippen molar-refractivity contribution in [1.82, 2.24) is 0 Å². The molecule has 0 aliphatic carbocycles. The summed E-state index contributed by atoms with van der Waals surface area (Å²) in [6.45, 7) is 5.68. The number of hydrogen-bond acceptors (Lipinski definition) is 3. The number of aliphatic imine (C=N–C) groups is 1. The van der Waals surface area contributed by atoms with E-state index in [4.69, 9.17) is 4.42 Å². The summed E-state index contributed by atoms with van der Waals surface area (Å²) >= 11 is 0. The molecule has 0 saturated carbocycles. The van der Waals surface area contributed by atoms with Crippen LogP contribution in [0.5, 0.6) is 0 Å². The number of nitrogens with zero attached hydrogens (tertiary/aromatic N) is 1. The van der Waals surface area contributed by atoms with E-state index in [9.17, 15) is 4.79 Å². The second kappa shape index (κ2) is 5.00. The zero-order valence-electron chi connectivity index (χ0n) is 10.7. The molecule has 3 heteroatoms. The van der Waals surface area contributed by atoms with Crippen molar-refractivity contribution in [3.05, 3.63) is 63.2 Å². The van der Waals surface area contributed by atoms with Crippen LogP contribution in [0.2, 0.25) is 0 Å². The van der Waals surface area contributed by atoms with Crippen molar-refractivity contribution in [1.29, 1.82) is 0 Å². The summed E-state index contributed by atoms with van der Waals surface area (Å²) in [6.07, 6.45) is 1.73. The van der Waals surface area contributed by atoms with Crippen LogP contribution in [0.3, 0.4) is 0 Å². The molecule has 0 unspecified atom stereocenters. The third kappa shape index (κ3) is 2.74. The van der Waals surface area contributed by atoms with Crippen LogP contribution in [-0.2, 0) is 0 Å². The molecule has 0 bridgehead atoms. The third-order valence-corrected chi connectivity index (χ3v) is 2.77. The normalized spacial score (nSPS) is 11.1. The Morgan fingerprint density at radius 1 is 1.11 bits per heavy atom. The van der Waals surface area contributed by atoms with Gasteiger partial charge < -0.3 is 4.42 Å². The molecule has 1 heterocycles. The molecule has 0 aliphatic heterocycles. The summed E-state index contributed by atoms with van der Waals surface area (Å²) in [6, 6.07) is 9.41. The van der Waals surface area contributed by atoms with Crippen LogP contribution in [0.15, 0.2) is 44.5 Å². The highest BCUT2D eigenvalue weighted by Crippen LogP contribution is 2.14. The van der Waals surface area contributed by atoms with Crippen molar-refractivity contribution in [2.24, 2.45) is 4.99 Å². The van der Waals surface area contributed by atoms with Gasteiger partial charge in [-0.3, -0.25) is 4.99 Å². The monoisotopic (exact) mass is 241 g/mol. The van der Waals surface area contributed by atoms with Crippen LogP contribution in [0.4, 0.5) is 5.69 Å². The predicted octanol–water partition coefficient (Wildman–Crippen LogP) is 3.32. The first-order chi connectivity index (χ1) is 8.56. The molecule has 0 N–H and O–H groups in total. The van der Waals surface area contributed by atoms with Gasteiger partial charge in [-0.25, -0.2) is 4.79 Å². The smallest absolute Gasteiger partial charge is 0.336 e. The summed E-state index contributed by atoms with van der Waals surface area (Å²) in [7, 11) is 0. The Morgan fingerprint density at radius 2 is 1.78 bits per heavy atom. The average molecular weight is 241 g/mol. The van der Waals surface area contributed by atoms with E-state index >= 15 is 0 Å². The van der Waals surface area contributed by atoms with E-state index in [0.717, 1.165) is 16.8 Å². The van der Waals surface area contributed by atoms with E-state index in [1.807, 2.05) is 38.1 Å². The third-order valence-electron chi connectivity index (χ3n) is 2.77. The van der Waals surface area contributed by atoms with Gasteiger partial charge in [0, 0.05) is 17.8 Å². The topological polar surface area (TPSA) is 42.6 Å². The van der Waals surface area contributed by atoms with Crippen molar-refractivity contribution in [3.8, 4) is 0 Å². The molecule has 3 nitrogen and oxygen atoms in total. The SMILES string of the molecule is Cc1ccc(N=Cc2c(C)cc(=O)oc2C)cc1. The maximum atomic E-state index is 11.2. The molecule has 0 radical (unpaired) electrons. The molecule has 0 spiro atoms. The van der Waals surface area contributed by atoms with Gasteiger partial charge >= 0.3 is 5.63 Å². The molecule has 18 heavy (non-hydrogen) atoms. The van der Waals surface area contributed by atoms with Gasteiger partial charge in [0.25, 0.3) is 0 Å². The lowest BCUT2D eigenvalue weighted by Crippen LogP contribution is -2.03. The highest BCUT2D eigenvalue weighted by Gasteiger charge is 2.03. The van der Waals surface area contributed by atoms with Gasteiger partial charge in [0.15, 0.2) is 0 Å². The predicted molar refractivity (Wildman–Crippen MR) is 72.9 cm³/mol. The van der Waals surface area contributed by atoms with Gasteiger partial charge in [-0.2, -0.15) is 0 Å². The molecule has 0 amide bonds. The number of hydrogen-bond donors (Lipinski definition) is 0. The Balaban J connectivity index is 2.34. The molecule has 0 fully saturated rings. The summed E-state index contributed by atoms with van der Waals surface area (Å²) in [5, 5.41) is 0. The van der Waals surface area contributed by atoms with Crippen molar-refractivity contribution < 1.29 is 4.42 Å².